The Morgan fingerprint density at radius 2 is 1.94 bits per heavy atom. The summed E-state index contributed by atoms with van der Waals surface area (Å²) < 4.78 is 2.26. The maximum absolute atomic E-state index is 12.3. The van der Waals surface area contributed by atoms with Crippen molar-refractivity contribution in [2.75, 3.05) is 22.3 Å². The second kappa shape index (κ2) is 11.0. The minimum absolute atomic E-state index is 0.146. The molecule has 0 aliphatic heterocycles. The number of amides is 1. The van der Waals surface area contributed by atoms with E-state index >= 15 is 0 Å². The van der Waals surface area contributed by atoms with Gasteiger partial charge in [-0.25, -0.2) is 10.1 Å². The Kier molecular flexibility index (Phi) is 8.07. The zero-order valence-electron chi connectivity index (χ0n) is 17.2. The molecule has 0 saturated carbocycles. The Morgan fingerprint density at radius 3 is 2.61 bits per heavy atom. The summed E-state index contributed by atoms with van der Waals surface area (Å²) in [5.41, 5.74) is 5.69. The molecule has 0 bridgehead atoms. The Balaban J connectivity index is 1.50. The highest BCUT2D eigenvalue weighted by Crippen LogP contribution is 2.21. The number of nitrogens with zero attached hydrogens (tertiary/aromatic N) is 4. The van der Waals surface area contributed by atoms with Crippen LogP contribution in [0.3, 0.4) is 0 Å². The van der Waals surface area contributed by atoms with Gasteiger partial charge in [0.15, 0.2) is 0 Å². The molecule has 4 N–H and O–H groups in total. The third-order valence-electron chi connectivity index (χ3n) is 4.62. The highest BCUT2D eigenvalue weighted by molar-refractivity contribution is 9.10. The van der Waals surface area contributed by atoms with Gasteiger partial charge in [0, 0.05) is 10.2 Å². The van der Waals surface area contributed by atoms with Crippen LogP contribution in [0.1, 0.15) is 37.3 Å². The number of nitrogen functional groups attached to an aromatic ring is 1. The number of hydrogen-bond acceptors (Lipinski definition) is 7. The van der Waals surface area contributed by atoms with Crippen molar-refractivity contribution in [2.45, 2.75) is 31.3 Å². The lowest BCUT2D eigenvalue weighted by Crippen LogP contribution is -2.16. The molecule has 1 aromatic heterocycles. The summed E-state index contributed by atoms with van der Waals surface area (Å²) >= 11 is 4.58. The van der Waals surface area contributed by atoms with E-state index in [1.54, 1.807) is 6.21 Å². The predicted molar refractivity (Wildman–Crippen MR) is 130 cm³/mol. The van der Waals surface area contributed by atoms with Gasteiger partial charge in [-0.1, -0.05) is 65.8 Å². The topological polar surface area (TPSA) is 110 Å². The molecule has 3 rings (SSSR count). The third kappa shape index (κ3) is 6.56. The molecule has 0 spiro atoms. The number of hydrogen-bond donors (Lipinski definition) is 3. The van der Waals surface area contributed by atoms with Crippen LogP contribution in [-0.2, 0) is 4.79 Å². The first-order valence-electron chi connectivity index (χ1n) is 9.74. The van der Waals surface area contributed by atoms with Gasteiger partial charge in [0.25, 0.3) is 5.95 Å². The van der Waals surface area contributed by atoms with Crippen molar-refractivity contribution in [3.05, 3.63) is 64.1 Å². The third-order valence-corrected chi connectivity index (χ3v) is 6.09. The van der Waals surface area contributed by atoms with Gasteiger partial charge < -0.3 is 11.2 Å². The fourth-order valence-corrected chi connectivity index (χ4v) is 3.54. The largest absolute Gasteiger partial charge is 0.334 e. The van der Waals surface area contributed by atoms with E-state index in [-0.39, 0.29) is 17.6 Å². The fraction of sp³-hybridized carbons (Fsp3) is 0.238. The summed E-state index contributed by atoms with van der Waals surface area (Å²) in [5, 5.41) is 15.4. The van der Waals surface area contributed by atoms with E-state index in [1.165, 1.54) is 22.0 Å². The van der Waals surface area contributed by atoms with Gasteiger partial charge in [-0.3, -0.25) is 4.79 Å². The first-order chi connectivity index (χ1) is 15.0. The summed E-state index contributed by atoms with van der Waals surface area (Å²) in [7, 11) is 0. The van der Waals surface area contributed by atoms with Crippen LogP contribution >= 0.6 is 27.7 Å². The molecular weight excluding hydrogens is 478 g/mol. The minimum atomic E-state index is -0.146. The van der Waals surface area contributed by atoms with E-state index in [4.69, 9.17) is 5.84 Å². The Bertz CT molecular complexity index is 1030. The quantitative estimate of drug-likeness (QED) is 0.173. The number of thioether (sulfide) groups is 1. The van der Waals surface area contributed by atoms with E-state index in [9.17, 15) is 4.79 Å². The standard InChI is InChI=1S/C21H24BrN7OS/c1-3-14(2)16-6-10-18(11-7-16)25-19(30)13-31-21-28-27-20(29(21)23)26-24-12-15-4-8-17(22)9-5-15/h4-12,14H,3,13,23H2,1-2H3,(H,25,30)(H,26,27)/b24-12+. The van der Waals surface area contributed by atoms with Gasteiger partial charge in [-0.15, -0.1) is 10.2 Å². The van der Waals surface area contributed by atoms with Crippen molar-refractivity contribution in [1.82, 2.24) is 14.9 Å². The molecular formula is C21H24BrN7OS. The maximum atomic E-state index is 12.3. The number of anilines is 2. The molecule has 0 aliphatic rings. The van der Waals surface area contributed by atoms with Crippen molar-refractivity contribution in [3.63, 3.8) is 0 Å². The number of nitrogens with one attached hydrogen (secondary N) is 2. The highest BCUT2D eigenvalue weighted by atomic mass is 79.9. The molecule has 3 aromatic rings. The molecule has 162 valence electrons. The minimum Gasteiger partial charge on any atom is -0.334 e. The zero-order valence-corrected chi connectivity index (χ0v) is 19.7. The molecule has 1 atom stereocenters. The lowest BCUT2D eigenvalue weighted by atomic mass is 9.99. The smallest absolute Gasteiger partial charge is 0.264 e. The molecule has 10 heteroatoms. The van der Waals surface area contributed by atoms with E-state index in [0.29, 0.717) is 11.1 Å². The Labute approximate surface area is 193 Å². The normalized spacial score (nSPS) is 12.1. The fourth-order valence-electron chi connectivity index (χ4n) is 2.62. The summed E-state index contributed by atoms with van der Waals surface area (Å²) in [4.78, 5) is 12.3. The molecule has 1 amide bonds. The van der Waals surface area contributed by atoms with Gasteiger partial charge in [0.1, 0.15) is 0 Å². The maximum Gasteiger partial charge on any atom is 0.264 e. The van der Waals surface area contributed by atoms with Crippen molar-refractivity contribution >= 4 is 51.4 Å². The van der Waals surface area contributed by atoms with Crippen LogP contribution < -0.4 is 16.6 Å². The van der Waals surface area contributed by atoms with E-state index in [2.05, 4.69) is 55.8 Å². The Morgan fingerprint density at radius 1 is 1.23 bits per heavy atom. The van der Waals surface area contributed by atoms with E-state index < -0.39 is 0 Å². The first-order valence-corrected chi connectivity index (χ1v) is 11.5. The molecule has 0 aliphatic carbocycles. The lowest BCUT2D eigenvalue weighted by Gasteiger charge is -2.10. The number of benzene rings is 2. The van der Waals surface area contributed by atoms with Crippen LogP contribution in [0.2, 0.25) is 0 Å². The van der Waals surface area contributed by atoms with Crippen LogP contribution in [0, 0.1) is 0 Å². The number of carbonyl (C=O) groups is 1. The van der Waals surface area contributed by atoms with Gasteiger partial charge >= 0.3 is 0 Å². The SMILES string of the molecule is CCC(C)c1ccc(NC(=O)CSc2nnc(N/N=C/c3ccc(Br)cc3)n2N)cc1. The molecule has 8 nitrogen and oxygen atoms in total. The van der Waals surface area contributed by atoms with Gasteiger partial charge in [-0.2, -0.15) is 5.10 Å². The van der Waals surface area contributed by atoms with Crippen molar-refractivity contribution in [2.24, 2.45) is 5.10 Å². The van der Waals surface area contributed by atoms with Crippen molar-refractivity contribution < 1.29 is 4.79 Å². The Hall–Kier alpha value is -2.85. The van der Waals surface area contributed by atoms with Crippen LogP contribution in [-0.4, -0.2) is 32.7 Å². The van der Waals surface area contributed by atoms with Crippen LogP contribution in [0.25, 0.3) is 0 Å². The van der Waals surface area contributed by atoms with Crippen molar-refractivity contribution in [1.29, 1.82) is 0 Å². The molecule has 31 heavy (non-hydrogen) atoms. The van der Waals surface area contributed by atoms with Crippen molar-refractivity contribution in [3.8, 4) is 0 Å². The monoisotopic (exact) mass is 501 g/mol. The molecule has 2 aromatic carbocycles. The average molecular weight is 502 g/mol. The van der Waals surface area contributed by atoms with Gasteiger partial charge in [-0.05, 0) is 47.7 Å². The van der Waals surface area contributed by atoms with Crippen LogP contribution in [0.15, 0.2) is 63.3 Å². The molecule has 0 saturated heterocycles. The summed E-state index contributed by atoms with van der Waals surface area (Å²) in [6.07, 6.45) is 2.72. The van der Waals surface area contributed by atoms with Crippen LogP contribution in [0.4, 0.5) is 11.6 Å². The van der Waals surface area contributed by atoms with Gasteiger partial charge in [0.2, 0.25) is 11.1 Å². The molecule has 0 radical (unpaired) electrons. The number of aromatic nitrogens is 3. The van der Waals surface area contributed by atoms with E-state index in [0.717, 1.165) is 22.1 Å². The number of halogens is 1. The van der Waals surface area contributed by atoms with E-state index in [1.807, 2.05) is 48.5 Å². The highest BCUT2D eigenvalue weighted by Gasteiger charge is 2.12. The summed E-state index contributed by atoms with van der Waals surface area (Å²) in [6.45, 7) is 4.34. The number of rotatable bonds is 9. The number of hydrazone groups is 1. The number of carbonyl (C=O) groups excluding carboxylic acids is 1. The summed E-state index contributed by atoms with van der Waals surface area (Å²) in [6, 6.07) is 15.6. The average Bonchev–Trinajstić information content (AvgIpc) is 3.13. The van der Waals surface area contributed by atoms with Gasteiger partial charge in [0.05, 0.1) is 12.0 Å². The van der Waals surface area contributed by atoms with Crippen LogP contribution in [0.5, 0.6) is 0 Å². The molecule has 1 unspecified atom stereocenters. The summed E-state index contributed by atoms with van der Waals surface area (Å²) in [5.74, 6) is 6.78. The molecule has 1 heterocycles. The zero-order chi connectivity index (χ0) is 22.2. The second-order valence-electron chi connectivity index (χ2n) is 6.87. The predicted octanol–water partition coefficient (Wildman–Crippen LogP) is 4.44. The second-order valence-corrected chi connectivity index (χ2v) is 8.72. The molecule has 0 fully saturated rings. The number of nitrogens with two attached hydrogens (primary N) is 1. The lowest BCUT2D eigenvalue weighted by molar-refractivity contribution is -0.113. The first kappa shape index (κ1) is 22.8.